The SMILES string of the molecule is CC(=O)c1cc(-c2cc(C(C)C)cc3nccn23)c2cc(N3CCOCC3)ccn12. The number of fused-ring (bicyclic) bond motifs is 2. The van der Waals surface area contributed by atoms with E-state index in [1.807, 2.05) is 29.1 Å². The van der Waals surface area contributed by atoms with E-state index in [1.165, 1.54) is 5.56 Å². The summed E-state index contributed by atoms with van der Waals surface area (Å²) in [7, 11) is 0. The van der Waals surface area contributed by atoms with E-state index in [4.69, 9.17) is 4.74 Å². The highest BCUT2D eigenvalue weighted by molar-refractivity contribution is 5.98. The van der Waals surface area contributed by atoms with Crippen LogP contribution in [-0.2, 0) is 4.74 Å². The Labute approximate surface area is 175 Å². The second-order valence-corrected chi connectivity index (χ2v) is 8.22. The third-order valence-electron chi connectivity index (χ3n) is 5.96. The summed E-state index contributed by atoms with van der Waals surface area (Å²) in [5.74, 6) is 0.438. The summed E-state index contributed by atoms with van der Waals surface area (Å²) in [6.45, 7) is 9.23. The molecular formula is C24H26N4O2. The lowest BCUT2D eigenvalue weighted by molar-refractivity contribution is 0.101. The Morgan fingerprint density at radius 3 is 2.60 bits per heavy atom. The number of aromatic nitrogens is 3. The molecule has 5 rings (SSSR count). The van der Waals surface area contributed by atoms with Gasteiger partial charge in [0.2, 0.25) is 0 Å². The number of morpholine rings is 1. The van der Waals surface area contributed by atoms with Gasteiger partial charge < -0.3 is 14.0 Å². The van der Waals surface area contributed by atoms with Gasteiger partial charge >= 0.3 is 0 Å². The number of pyridine rings is 2. The lowest BCUT2D eigenvalue weighted by Crippen LogP contribution is -2.36. The minimum atomic E-state index is 0.0530. The summed E-state index contributed by atoms with van der Waals surface area (Å²) in [4.78, 5) is 19.3. The molecule has 0 N–H and O–H groups in total. The molecule has 6 nitrogen and oxygen atoms in total. The maximum Gasteiger partial charge on any atom is 0.176 e. The van der Waals surface area contributed by atoms with Crippen LogP contribution in [0.15, 0.2) is 48.9 Å². The molecule has 0 spiro atoms. The van der Waals surface area contributed by atoms with Crippen molar-refractivity contribution in [2.45, 2.75) is 26.7 Å². The number of imidazole rings is 1. The van der Waals surface area contributed by atoms with E-state index < -0.39 is 0 Å². The number of ketones is 1. The van der Waals surface area contributed by atoms with Crippen molar-refractivity contribution in [2.24, 2.45) is 0 Å². The van der Waals surface area contributed by atoms with Crippen molar-refractivity contribution in [2.75, 3.05) is 31.2 Å². The molecule has 6 heteroatoms. The summed E-state index contributed by atoms with van der Waals surface area (Å²) >= 11 is 0. The zero-order valence-corrected chi connectivity index (χ0v) is 17.6. The number of ether oxygens (including phenoxy) is 1. The summed E-state index contributed by atoms with van der Waals surface area (Å²) in [5, 5.41) is 0. The van der Waals surface area contributed by atoms with Crippen LogP contribution in [0.1, 0.15) is 42.7 Å². The average molecular weight is 402 g/mol. The van der Waals surface area contributed by atoms with Crippen molar-refractivity contribution in [1.82, 2.24) is 13.8 Å². The van der Waals surface area contributed by atoms with Gasteiger partial charge in [-0.05, 0) is 41.8 Å². The molecule has 4 aromatic heterocycles. The molecule has 5 heterocycles. The van der Waals surface area contributed by atoms with Gasteiger partial charge in [-0.15, -0.1) is 0 Å². The number of hydrogen-bond acceptors (Lipinski definition) is 4. The molecule has 4 aromatic rings. The summed E-state index contributed by atoms with van der Waals surface area (Å²) in [5.41, 5.74) is 7.12. The molecule has 0 unspecified atom stereocenters. The Balaban J connectivity index is 1.77. The minimum Gasteiger partial charge on any atom is -0.378 e. The predicted molar refractivity (Wildman–Crippen MR) is 119 cm³/mol. The van der Waals surface area contributed by atoms with Crippen molar-refractivity contribution in [3.63, 3.8) is 0 Å². The lowest BCUT2D eigenvalue weighted by atomic mass is 10.0. The lowest BCUT2D eigenvalue weighted by Gasteiger charge is -2.29. The third-order valence-corrected chi connectivity index (χ3v) is 5.96. The monoisotopic (exact) mass is 402 g/mol. The Morgan fingerprint density at radius 2 is 1.87 bits per heavy atom. The molecule has 30 heavy (non-hydrogen) atoms. The fraction of sp³-hybridized carbons (Fsp3) is 0.333. The Bertz CT molecular complexity index is 1250. The molecule has 0 aliphatic carbocycles. The average Bonchev–Trinajstić information content (AvgIpc) is 3.38. The van der Waals surface area contributed by atoms with E-state index >= 15 is 0 Å². The molecule has 0 bridgehead atoms. The van der Waals surface area contributed by atoms with Gasteiger partial charge in [0.1, 0.15) is 5.65 Å². The normalized spacial score (nSPS) is 14.9. The maximum atomic E-state index is 12.4. The highest BCUT2D eigenvalue weighted by atomic mass is 16.5. The first-order valence-electron chi connectivity index (χ1n) is 10.5. The molecule has 1 saturated heterocycles. The van der Waals surface area contributed by atoms with Crippen LogP contribution >= 0.6 is 0 Å². The van der Waals surface area contributed by atoms with E-state index in [9.17, 15) is 4.79 Å². The van der Waals surface area contributed by atoms with E-state index in [-0.39, 0.29) is 5.78 Å². The largest absolute Gasteiger partial charge is 0.378 e. The van der Waals surface area contributed by atoms with Gasteiger partial charge in [-0.2, -0.15) is 0 Å². The van der Waals surface area contributed by atoms with Crippen LogP contribution in [-0.4, -0.2) is 45.9 Å². The van der Waals surface area contributed by atoms with Crippen LogP contribution in [0.4, 0.5) is 5.69 Å². The summed E-state index contributed by atoms with van der Waals surface area (Å²) < 4.78 is 9.62. The van der Waals surface area contributed by atoms with Crippen molar-refractivity contribution in [3.8, 4) is 11.3 Å². The second kappa shape index (κ2) is 7.29. The Morgan fingerprint density at radius 1 is 1.07 bits per heavy atom. The Kier molecular flexibility index (Phi) is 4.59. The van der Waals surface area contributed by atoms with Crippen LogP contribution < -0.4 is 4.90 Å². The van der Waals surface area contributed by atoms with E-state index in [1.54, 1.807) is 6.92 Å². The number of nitrogens with zero attached hydrogens (tertiary/aromatic N) is 4. The van der Waals surface area contributed by atoms with E-state index in [2.05, 4.69) is 52.4 Å². The molecule has 0 amide bonds. The first-order chi connectivity index (χ1) is 14.5. The van der Waals surface area contributed by atoms with Gasteiger partial charge in [-0.3, -0.25) is 9.20 Å². The summed E-state index contributed by atoms with van der Waals surface area (Å²) in [6, 6.07) is 10.7. The molecule has 1 aliphatic rings. The van der Waals surface area contributed by atoms with Crippen LogP contribution in [0.25, 0.3) is 22.4 Å². The fourth-order valence-corrected chi connectivity index (χ4v) is 4.27. The van der Waals surface area contributed by atoms with Crippen molar-refractivity contribution >= 4 is 22.6 Å². The van der Waals surface area contributed by atoms with Gasteiger partial charge in [-0.25, -0.2) is 4.98 Å². The third kappa shape index (κ3) is 3.08. The number of carbonyl (C=O) groups is 1. The standard InChI is InChI=1S/C24H26N4O2/c1-16(2)18-12-22(28-7-5-25-24(28)13-18)20-15-21(17(3)29)27-6-4-19(14-23(20)27)26-8-10-30-11-9-26/h4-7,12-16H,8-11H2,1-3H3. The smallest absolute Gasteiger partial charge is 0.176 e. The first kappa shape index (κ1) is 18.9. The van der Waals surface area contributed by atoms with E-state index in [0.717, 1.165) is 54.4 Å². The molecule has 1 fully saturated rings. The zero-order chi connectivity index (χ0) is 20.8. The van der Waals surface area contributed by atoms with Crippen molar-refractivity contribution in [3.05, 3.63) is 60.2 Å². The molecule has 0 saturated carbocycles. The number of hydrogen-bond donors (Lipinski definition) is 0. The number of carbonyl (C=O) groups excluding carboxylic acids is 1. The maximum absolute atomic E-state index is 12.4. The van der Waals surface area contributed by atoms with Gasteiger partial charge in [0.25, 0.3) is 0 Å². The number of Topliss-reactive ketones (excluding diaryl/α,β-unsaturated/α-hetero) is 1. The molecule has 154 valence electrons. The Hall–Kier alpha value is -3.12. The molecule has 0 radical (unpaired) electrons. The van der Waals surface area contributed by atoms with E-state index in [0.29, 0.717) is 11.6 Å². The molecular weight excluding hydrogens is 376 g/mol. The van der Waals surface area contributed by atoms with Crippen LogP contribution in [0.5, 0.6) is 0 Å². The highest BCUT2D eigenvalue weighted by Crippen LogP contribution is 2.33. The molecule has 0 aromatic carbocycles. The highest BCUT2D eigenvalue weighted by Gasteiger charge is 2.19. The van der Waals surface area contributed by atoms with Crippen LogP contribution in [0.2, 0.25) is 0 Å². The minimum absolute atomic E-state index is 0.0530. The van der Waals surface area contributed by atoms with Gasteiger partial charge in [0, 0.05) is 49.9 Å². The van der Waals surface area contributed by atoms with Crippen molar-refractivity contribution in [1.29, 1.82) is 0 Å². The van der Waals surface area contributed by atoms with Gasteiger partial charge in [0.05, 0.1) is 30.1 Å². The molecule has 1 aliphatic heterocycles. The van der Waals surface area contributed by atoms with Gasteiger partial charge in [-0.1, -0.05) is 13.8 Å². The topological polar surface area (TPSA) is 51.2 Å². The number of anilines is 1. The second-order valence-electron chi connectivity index (χ2n) is 8.22. The quantitative estimate of drug-likeness (QED) is 0.474. The van der Waals surface area contributed by atoms with Crippen molar-refractivity contribution < 1.29 is 9.53 Å². The number of rotatable bonds is 4. The zero-order valence-electron chi connectivity index (χ0n) is 17.6. The van der Waals surface area contributed by atoms with Crippen LogP contribution in [0, 0.1) is 0 Å². The first-order valence-corrected chi connectivity index (χ1v) is 10.5. The summed E-state index contributed by atoms with van der Waals surface area (Å²) in [6.07, 6.45) is 5.82. The predicted octanol–water partition coefficient (Wildman–Crippen LogP) is 4.42. The van der Waals surface area contributed by atoms with Crippen LogP contribution in [0.3, 0.4) is 0 Å². The van der Waals surface area contributed by atoms with Gasteiger partial charge in [0.15, 0.2) is 5.78 Å². The molecule has 0 atom stereocenters. The fourth-order valence-electron chi connectivity index (χ4n) is 4.27.